The van der Waals surface area contributed by atoms with Crippen LogP contribution in [0.3, 0.4) is 0 Å². The summed E-state index contributed by atoms with van der Waals surface area (Å²) in [6, 6.07) is 17.6. The van der Waals surface area contributed by atoms with Gasteiger partial charge in [-0.3, -0.25) is 20.0 Å². The number of ether oxygens (including phenoxy) is 1. The van der Waals surface area contributed by atoms with Crippen molar-refractivity contribution >= 4 is 23.8 Å². The van der Waals surface area contributed by atoms with Gasteiger partial charge in [0.15, 0.2) is 5.82 Å². The Bertz CT molecular complexity index is 1300. The van der Waals surface area contributed by atoms with Crippen molar-refractivity contribution in [3.05, 3.63) is 71.4 Å². The van der Waals surface area contributed by atoms with E-state index in [1.807, 2.05) is 36.4 Å². The molecule has 35 heavy (non-hydrogen) atoms. The van der Waals surface area contributed by atoms with Crippen LogP contribution < -0.4 is 5.32 Å². The lowest BCUT2D eigenvalue weighted by molar-refractivity contribution is -0.142. The summed E-state index contributed by atoms with van der Waals surface area (Å²) < 4.78 is 5.52. The average Bonchev–Trinajstić information content (AvgIpc) is 3.18. The molecule has 3 N–H and O–H groups in total. The lowest BCUT2D eigenvalue weighted by Gasteiger charge is -2.14. The summed E-state index contributed by atoms with van der Waals surface area (Å²) in [6.07, 6.45) is 0.984. The van der Waals surface area contributed by atoms with Gasteiger partial charge >= 0.3 is 12.1 Å². The van der Waals surface area contributed by atoms with Gasteiger partial charge in [0.1, 0.15) is 12.3 Å². The molecule has 2 fully saturated rings. The number of nitrogens with zero attached hydrogens (tertiary/aromatic N) is 2. The Morgan fingerprint density at radius 2 is 1.74 bits per heavy atom. The van der Waals surface area contributed by atoms with E-state index < -0.39 is 18.0 Å². The predicted molar refractivity (Wildman–Crippen MR) is 126 cm³/mol. The fraction of sp³-hybridized carbons (Fsp3) is 0.308. The Morgan fingerprint density at radius 1 is 1.09 bits per heavy atom. The molecule has 1 atom stereocenters. The van der Waals surface area contributed by atoms with Gasteiger partial charge in [0.05, 0.1) is 5.92 Å². The number of hydrogen-bond acceptors (Lipinski definition) is 5. The number of aromatic nitrogens is 2. The van der Waals surface area contributed by atoms with E-state index in [1.165, 1.54) is 6.07 Å². The molecule has 3 aromatic rings. The highest BCUT2D eigenvalue weighted by Gasteiger charge is 2.59. The molecule has 2 aromatic carbocycles. The summed E-state index contributed by atoms with van der Waals surface area (Å²) in [7, 11) is 0. The van der Waals surface area contributed by atoms with E-state index in [0.29, 0.717) is 6.54 Å². The Labute approximate surface area is 201 Å². The van der Waals surface area contributed by atoms with Crippen LogP contribution in [0.1, 0.15) is 40.4 Å². The largest absolute Gasteiger partial charge is 0.481 e. The molecular formula is C26H24N4O5. The number of likely N-dealkylation sites (tertiary alicyclic amines) is 1. The number of aromatic amines is 1. The highest BCUT2D eigenvalue weighted by Crippen LogP contribution is 2.56. The highest BCUT2D eigenvalue weighted by atomic mass is 16.5. The van der Waals surface area contributed by atoms with Crippen LogP contribution in [-0.2, 0) is 9.53 Å². The number of rotatable bonds is 5. The van der Waals surface area contributed by atoms with E-state index >= 15 is 0 Å². The molecule has 2 aliphatic carbocycles. The van der Waals surface area contributed by atoms with Gasteiger partial charge in [0.25, 0.3) is 5.91 Å². The van der Waals surface area contributed by atoms with Crippen LogP contribution in [0, 0.1) is 11.3 Å². The van der Waals surface area contributed by atoms with Crippen LogP contribution in [0.5, 0.6) is 0 Å². The number of fused-ring (bicyclic) bond motifs is 3. The van der Waals surface area contributed by atoms with Crippen LogP contribution in [-0.4, -0.2) is 57.9 Å². The number of nitrogens with one attached hydrogen (secondary N) is 2. The maximum Gasteiger partial charge on any atom is 0.412 e. The molecule has 1 spiro atoms. The predicted octanol–water partition coefficient (Wildman–Crippen LogP) is 3.71. The second-order valence-corrected chi connectivity index (χ2v) is 9.56. The zero-order chi connectivity index (χ0) is 24.2. The first-order valence-electron chi connectivity index (χ1n) is 11.6. The topological polar surface area (TPSA) is 125 Å². The minimum Gasteiger partial charge on any atom is -0.481 e. The summed E-state index contributed by atoms with van der Waals surface area (Å²) in [5, 5.41) is 18.7. The fourth-order valence-corrected chi connectivity index (χ4v) is 5.54. The molecule has 3 aliphatic rings. The molecule has 1 aliphatic heterocycles. The van der Waals surface area contributed by atoms with Crippen LogP contribution in [0.25, 0.3) is 11.1 Å². The standard InChI is InChI=1S/C26H24N4O5/c31-23(30-12-20(24(32)33)26(14-30)9-10-26)21-11-22(29-28-21)27-25(34)35-13-19-17-7-3-1-5-15(17)16-6-2-4-8-18(16)19/h1-8,11,19-20H,9-10,12-14H2,(H,32,33)(H2,27,28,29,34). The molecule has 1 saturated heterocycles. The molecule has 1 saturated carbocycles. The maximum absolute atomic E-state index is 12.9. The minimum atomic E-state index is -0.861. The summed E-state index contributed by atoms with van der Waals surface area (Å²) in [5.41, 5.74) is 4.44. The van der Waals surface area contributed by atoms with Gasteiger partial charge in [0.2, 0.25) is 0 Å². The maximum atomic E-state index is 12.9. The van der Waals surface area contributed by atoms with Gasteiger partial charge in [0, 0.05) is 30.5 Å². The van der Waals surface area contributed by atoms with E-state index in [-0.39, 0.29) is 41.9 Å². The second-order valence-electron chi connectivity index (χ2n) is 9.56. The van der Waals surface area contributed by atoms with E-state index in [4.69, 9.17) is 4.74 Å². The van der Waals surface area contributed by atoms with Crippen LogP contribution in [0.15, 0.2) is 54.6 Å². The zero-order valence-corrected chi connectivity index (χ0v) is 18.9. The first-order chi connectivity index (χ1) is 16.9. The van der Waals surface area contributed by atoms with Crippen molar-refractivity contribution in [1.29, 1.82) is 0 Å². The molecule has 0 bridgehead atoms. The Balaban J connectivity index is 1.09. The third-order valence-corrected chi connectivity index (χ3v) is 7.51. The van der Waals surface area contributed by atoms with Crippen molar-refractivity contribution in [1.82, 2.24) is 15.1 Å². The monoisotopic (exact) mass is 472 g/mol. The number of benzene rings is 2. The van der Waals surface area contributed by atoms with Crippen molar-refractivity contribution in [2.24, 2.45) is 11.3 Å². The summed E-state index contributed by atoms with van der Waals surface area (Å²) >= 11 is 0. The van der Waals surface area contributed by atoms with Crippen molar-refractivity contribution in [3.8, 4) is 11.1 Å². The zero-order valence-electron chi connectivity index (χ0n) is 18.9. The molecule has 9 nitrogen and oxygen atoms in total. The Kier molecular flexibility index (Phi) is 4.87. The number of anilines is 1. The third kappa shape index (κ3) is 3.63. The second kappa shape index (κ2) is 7.97. The lowest BCUT2D eigenvalue weighted by Crippen LogP contribution is -2.30. The van der Waals surface area contributed by atoms with Crippen LogP contribution in [0.4, 0.5) is 10.6 Å². The SMILES string of the molecule is O=C(Nc1cc(C(=O)N2CC(C(=O)O)C3(CC3)C2)[nH]n1)OCC1c2ccccc2-c2ccccc21. The molecule has 2 heterocycles. The van der Waals surface area contributed by atoms with Crippen molar-refractivity contribution < 1.29 is 24.2 Å². The van der Waals surface area contributed by atoms with Gasteiger partial charge in [-0.05, 0) is 35.1 Å². The summed E-state index contributed by atoms with van der Waals surface area (Å²) in [4.78, 5) is 38.5. The number of amides is 2. The number of carboxylic acids is 1. The van der Waals surface area contributed by atoms with Crippen molar-refractivity contribution in [2.75, 3.05) is 25.0 Å². The van der Waals surface area contributed by atoms with Crippen LogP contribution >= 0.6 is 0 Å². The van der Waals surface area contributed by atoms with E-state index in [1.54, 1.807) is 4.90 Å². The number of carbonyl (C=O) groups excluding carboxylic acids is 2. The van der Waals surface area contributed by atoms with E-state index in [0.717, 1.165) is 35.1 Å². The van der Waals surface area contributed by atoms with E-state index in [9.17, 15) is 19.5 Å². The van der Waals surface area contributed by atoms with Gasteiger partial charge in [-0.1, -0.05) is 48.5 Å². The van der Waals surface area contributed by atoms with E-state index in [2.05, 4.69) is 27.6 Å². The molecule has 9 heteroatoms. The molecule has 2 amide bonds. The smallest absolute Gasteiger partial charge is 0.412 e. The Morgan fingerprint density at radius 3 is 2.34 bits per heavy atom. The summed E-state index contributed by atoms with van der Waals surface area (Å²) in [6.45, 7) is 0.780. The van der Waals surface area contributed by atoms with Crippen molar-refractivity contribution in [3.63, 3.8) is 0 Å². The van der Waals surface area contributed by atoms with Gasteiger partial charge in [-0.25, -0.2) is 4.79 Å². The normalized spacial score (nSPS) is 19.3. The fourth-order valence-electron chi connectivity index (χ4n) is 5.54. The number of carbonyl (C=O) groups is 3. The molecular weight excluding hydrogens is 448 g/mol. The quantitative estimate of drug-likeness (QED) is 0.520. The number of hydrogen-bond donors (Lipinski definition) is 3. The summed E-state index contributed by atoms with van der Waals surface area (Å²) in [5.74, 6) is -1.61. The molecule has 1 aromatic heterocycles. The first kappa shape index (κ1) is 21.4. The van der Waals surface area contributed by atoms with Crippen LogP contribution in [0.2, 0.25) is 0 Å². The molecule has 178 valence electrons. The molecule has 6 rings (SSSR count). The average molecular weight is 473 g/mol. The van der Waals surface area contributed by atoms with Gasteiger partial charge in [-0.15, -0.1) is 0 Å². The lowest BCUT2D eigenvalue weighted by atomic mass is 9.93. The molecule has 0 radical (unpaired) electrons. The third-order valence-electron chi connectivity index (χ3n) is 7.51. The van der Waals surface area contributed by atoms with Gasteiger partial charge in [-0.2, -0.15) is 5.10 Å². The molecule has 1 unspecified atom stereocenters. The minimum absolute atomic E-state index is 0.0587. The van der Waals surface area contributed by atoms with Gasteiger partial charge < -0.3 is 14.7 Å². The number of H-pyrrole nitrogens is 1. The van der Waals surface area contributed by atoms with Crippen molar-refractivity contribution in [2.45, 2.75) is 18.8 Å². The Hall–Kier alpha value is -4.14. The first-order valence-corrected chi connectivity index (χ1v) is 11.6. The highest BCUT2D eigenvalue weighted by molar-refractivity contribution is 5.95. The number of aliphatic carboxylic acids is 1. The number of carboxylic acid groups (broad SMARTS) is 1.